The maximum atomic E-state index is 2.37. The minimum Gasteiger partial charge on any atom is -0.0683 e. The Bertz CT molecular complexity index is 965. The third-order valence-electron chi connectivity index (χ3n) is 5.35. The van der Waals surface area contributed by atoms with Crippen molar-refractivity contribution >= 4 is 6.08 Å². The van der Waals surface area contributed by atoms with Gasteiger partial charge in [0.05, 0.1) is 0 Å². The van der Waals surface area contributed by atoms with E-state index in [2.05, 4.69) is 101 Å². The van der Waals surface area contributed by atoms with E-state index in [0.29, 0.717) is 0 Å². The quantitative estimate of drug-likeness (QED) is 0.460. The number of allylic oxidation sites excluding steroid dienone is 1. The van der Waals surface area contributed by atoms with Gasteiger partial charge >= 0.3 is 0 Å². The summed E-state index contributed by atoms with van der Waals surface area (Å²) in [5.74, 6) is 0. The van der Waals surface area contributed by atoms with Crippen molar-refractivity contribution < 1.29 is 0 Å². The van der Waals surface area contributed by atoms with Crippen LogP contribution in [0.3, 0.4) is 0 Å². The maximum Gasteiger partial charge on any atom is -0.00542 e. The molecule has 0 heterocycles. The topological polar surface area (TPSA) is 0 Å². The van der Waals surface area contributed by atoms with Crippen molar-refractivity contribution in [3.8, 4) is 22.3 Å². The van der Waals surface area contributed by atoms with Gasteiger partial charge < -0.3 is 0 Å². The molecule has 0 saturated heterocycles. The summed E-state index contributed by atoms with van der Waals surface area (Å²) in [6.07, 6.45) is 3.42. The van der Waals surface area contributed by atoms with Crippen LogP contribution in [0.2, 0.25) is 0 Å². The molecule has 0 amide bonds. The fourth-order valence-corrected chi connectivity index (χ4v) is 3.89. The summed E-state index contributed by atoms with van der Waals surface area (Å²) in [6.45, 7) is 9.03. The Hall–Kier alpha value is -2.60. The second-order valence-electron chi connectivity index (χ2n) is 8.41. The van der Waals surface area contributed by atoms with Crippen LogP contribution in [0.15, 0.2) is 72.3 Å². The standard InChI is InChI=1S/C26H26/c1-18-16-24-22(19-8-6-5-7-9-19)14-15-23(25(24)17-18)20-10-12-21(13-11-20)26(2,3)4/h5-15,17H,16H2,1-4H3. The van der Waals surface area contributed by atoms with E-state index in [4.69, 9.17) is 0 Å². The fourth-order valence-electron chi connectivity index (χ4n) is 3.89. The largest absolute Gasteiger partial charge is 0.0683 e. The lowest BCUT2D eigenvalue weighted by molar-refractivity contribution is 0.590. The molecule has 0 aliphatic heterocycles. The molecule has 3 aromatic rings. The van der Waals surface area contributed by atoms with Crippen molar-refractivity contribution in [2.45, 2.75) is 39.5 Å². The highest BCUT2D eigenvalue weighted by atomic mass is 14.2. The van der Waals surface area contributed by atoms with Crippen molar-refractivity contribution in [3.05, 3.63) is 89.0 Å². The molecule has 4 rings (SSSR count). The Labute approximate surface area is 157 Å². The molecule has 0 radical (unpaired) electrons. The zero-order chi connectivity index (χ0) is 18.3. The third-order valence-corrected chi connectivity index (χ3v) is 5.35. The lowest BCUT2D eigenvalue weighted by Gasteiger charge is -2.20. The molecule has 0 N–H and O–H groups in total. The molecule has 0 fully saturated rings. The predicted molar refractivity (Wildman–Crippen MR) is 113 cm³/mol. The average Bonchev–Trinajstić information content (AvgIpc) is 3.02. The Morgan fingerprint density at radius 3 is 1.96 bits per heavy atom. The van der Waals surface area contributed by atoms with E-state index >= 15 is 0 Å². The van der Waals surface area contributed by atoms with Gasteiger partial charge in [-0.05, 0) is 57.7 Å². The van der Waals surface area contributed by atoms with Crippen LogP contribution in [-0.4, -0.2) is 0 Å². The molecule has 0 unspecified atom stereocenters. The van der Waals surface area contributed by atoms with Crippen molar-refractivity contribution in [3.63, 3.8) is 0 Å². The summed E-state index contributed by atoms with van der Waals surface area (Å²) in [4.78, 5) is 0. The van der Waals surface area contributed by atoms with E-state index in [1.807, 2.05) is 0 Å². The zero-order valence-electron chi connectivity index (χ0n) is 16.1. The van der Waals surface area contributed by atoms with Gasteiger partial charge in [-0.2, -0.15) is 0 Å². The van der Waals surface area contributed by atoms with Crippen LogP contribution < -0.4 is 0 Å². The van der Waals surface area contributed by atoms with Crippen LogP contribution in [0.1, 0.15) is 44.4 Å². The van der Waals surface area contributed by atoms with Gasteiger partial charge in [0.25, 0.3) is 0 Å². The summed E-state index contributed by atoms with van der Waals surface area (Å²) >= 11 is 0. The first-order chi connectivity index (χ1) is 12.4. The number of hydrogen-bond donors (Lipinski definition) is 0. The van der Waals surface area contributed by atoms with Gasteiger partial charge in [0.1, 0.15) is 0 Å². The second-order valence-corrected chi connectivity index (χ2v) is 8.41. The molecular weight excluding hydrogens is 312 g/mol. The summed E-state index contributed by atoms with van der Waals surface area (Å²) in [5.41, 5.74) is 11.2. The molecule has 130 valence electrons. The van der Waals surface area contributed by atoms with Crippen LogP contribution in [0, 0.1) is 0 Å². The highest BCUT2D eigenvalue weighted by Crippen LogP contribution is 2.40. The Balaban J connectivity index is 1.83. The Kier molecular flexibility index (Phi) is 4.07. The van der Waals surface area contributed by atoms with Gasteiger partial charge in [0, 0.05) is 0 Å². The molecule has 0 aromatic heterocycles. The van der Waals surface area contributed by atoms with E-state index < -0.39 is 0 Å². The summed E-state index contributed by atoms with van der Waals surface area (Å²) in [6, 6.07) is 24.4. The molecule has 0 nitrogen and oxygen atoms in total. The van der Waals surface area contributed by atoms with Gasteiger partial charge in [0.15, 0.2) is 0 Å². The van der Waals surface area contributed by atoms with E-state index in [0.717, 1.165) is 6.42 Å². The normalized spacial score (nSPS) is 13.5. The summed E-state index contributed by atoms with van der Waals surface area (Å²) in [7, 11) is 0. The number of hydrogen-bond acceptors (Lipinski definition) is 0. The maximum absolute atomic E-state index is 2.37. The SMILES string of the molecule is CC1=Cc2c(-c3ccc(C(C)(C)C)cc3)ccc(-c3ccccc3)c2C1. The average molecular weight is 338 g/mol. The van der Waals surface area contributed by atoms with Crippen LogP contribution in [0.5, 0.6) is 0 Å². The van der Waals surface area contributed by atoms with E-state index in [9.17, 15) is 0 Å². The first kappa shape index (κ1) is 16.8. The molecular formula is C26H26. The summed E-state index contributed by atoms with van der Waals surface area (Å²) in [5, 5.41) is 0. The minimum atomic E-state index is 0.189. The zero-order valence-corrected chi connectivity index (χ0v) is 16.1. The molecule has 0 bridgehead atoms. The highest BCUT2D eigenvalue weighted by Gasteiger charge is 2.20. The monoisotopic (exact) mass is 338 g/mol. The third kappa shape index (κ3) is 3.01. The van der Waals surface area contributed by atoms with Crippen molar-refractivity contribution in [1.29, 1.82) is 0 Å². The van der Waals surface area contributed by atoms with Gasteiger partial charge in [-0.3, -0.25) is 0 Å². The van der Waals surface area contributed by atoms with Crippen molar-refractivity contribution in [2.24, 2.45) is 0 Å². The number of rotatable bonds is 2. The number of fused-ring (bicyclic) bond motifs is 1. The highest BCUT2D eigenvalue weighted by molar-refractivity contribution is 5.86. The minimum absolute atomic E-state index is 0.189. The lowest BCUT2D eigenvalue weighted by atomic mass is 9.85. The second kappa shape index (κ2) is 6.29. The van der Waals surface area contributed by atoms with Crippen LogP contribution in [0.4, 0.5) is 0 Å². The van der Waals surface area contributed by atoms with E-state index in [1.165, 1.54) is 44.5 Å². The van der Waals surface area contributed by atoms with E-state index in [-0.39, 0.29) is 5.41 Å². The smallest absolute Gasteiger partial charge is 0.00542 e. The molecule has 3 aromatic carbocycles. The molecule has 0 spiro atoms. The van der Waals surface area contributed by atoms with Crippen LogP contribution in [0.25, 0.3) is 28.3 Å². The predicted octanol–water partition coefficient (Wildman–Crippen LogP) is 7.28. The lowest BCUT2D eigenvalue weighted by Crippen LogP contribution is -2.10. The molecule has 26 heavy (non-hydrogen) atoms. The van der Waals surface area contributed by atoms with Crippen molar-refractivity contribution in [2.75, 3.05) is 0 Å². The molecule has 1 aliphatic carbocycles. The fraction of sp³-hybridized carbons (Fsp3) is 0.231. The first-order valence-electron chi connectivity index (χ1n) is 9.43. The van der Waals surface area contributed by atoms with Gasteiger partial charge in [-0.25, -0.2) is 0 Å². The van der Waals surface area contributed by atoms with Gasteiger partial charge in [-0.1, -0.05) is 99.2 Å². The molecule has 1 aliphatic rings. The summed E-state index contributed by atoms with van der Waals surface area (Å²) < 4.78 is 0. The Morgan fingerprint density at radius 2 is 1.31 bits per heavy atom. The van der Waals surface area contributed by atoms with E-state index in [1.54, 1.807) is 0 Å². The first-order valence-corrected chi connectivity index (χ1v) is 9.43. The van der Waals surface area contributed by atoms with Crippen LogP contribution in [-0.2, 0) is 11.8 Å². The number of benzene rings is 3. The molecule has 0 saturated carbocycles. The van der Waals surface area contributed by atoms with Crippen molar-refractivity contribution in [1.82, 2.24) is 0 Å². The molecule has 0 heteroatoms. The Morgan fingerprint density at radius 1 is 0.692 bits per heavy atom. The van der Waals surface area contributed by atoms with Crippen LogP contribution >= 0.6 is 0 Å². The molecule has 0 atom stereocenters. The van der Waals surface area contributed by atoms with Gasteiger partial charge in [0.2, 0.25) is 0 Å². The van der Waals surface area contributed by atoms with Gasteiger partial charge in [-0.15, -0.1) is 0 Å².